The van der Waals surface area contributed by atoms with Gasteiger partial charge in [-0.2, -0.15) is 11.3 Å². The standard InChI is InChI=1S/C13H16N2OS/c1-9-3-2-4-11(13(9)14)15-7-12(16)10-5-6-17-8-10/h2-6,8,12,15-16H,7,14H2,1H3. The number of nitrogen functional groups attached to an aromatic ring is 1. The van der Waals surface area contributed by atoms with Gasteiger partial charge in [0.1, 0.15) is 0 Å². The molecule has 0 radical (unpaired) electrons. The van der Waals surface area contributed by atoms with Gasteiger partial charge in [-0.25, -0.2) is 0 Å². The first-order valence-corrected chi connectivity index (χ1v) is 6.42. The zero-order valence-electron chi connectivity index (χ0n) is 9.68. The molecule has 0 spiro atoms. The van der Waals surface area contributed by atoms with Crippen LogP contribution in [0, 0.1) is 6.92 Å². The fourth-order valence-electron chi connectivity index (χ4n) is 1.62. The van der Waals surface area contributed by atoms with Crippen molar-refractivity contribution in [1.82, 2.24) is 0 Å². The van der Waals surface area contributed by atoms with Crippen LogP contribution < -0.4 is 11.1 Å². The highest BCUT2D eigenvalue weighted by Crippen LogP contribution is 2.23. The molecular formula is C13H16N2OS. The first-order valence-electron chi connectivity index (χ1n) is 5.47. The molecule has 4 heteroatoms. The van der Waals surface area contributed by atoms with E-state index in [4.69, 9.17) is 5.73 Å². The van der Waals surface area contributed by atoms with Gasteiger partial charge in [-0.15, -0.1) is 0 Å². The van der Waals surface area contributed by atoms with E-state index in [0.29, 0.717) is 6.54 Å². The minimum Gasteiger partial charge on any atom is -0.397 e. The Labute approximate surface area is 105 Å². The molecule has 17 heavy (non-hydrogen) atoms. The van der Waals surface area contributed by atoms with E-state index in [1.807, 2.05) is 41.9 Å². The number of anilines is 2. The number of hydrogen-bond acceptors (Lipinski definition) is 4. The highest BCUT2D eigenvalue weighted by molar-refractivity contribution is 7.07. The van der Waals surface area contributed by atoms with Crippen LogP contribution in [0.15, 0.2) is 35.0 Å². The third-order valence-electron chi connectivity index (χ3n) is 2.74. The average Bonchev–Trinajstić information content (AvgIpc) is 2.84. The number of para-hydroxylation sites is 1. The van der Waals surface area contributed by atoms with Crippen molar-refractivity contribution >= 4 is 22.7 Å². The summed E-state index contributed by atoms with van der Waals surface area (Å²) in [6.45, 7) is 2.43. The molecule has 1 atom stereocenters. The van der Waals surface area contributed by atoms with Crippen molar-refractivity contribution in [3.05, 3.63) is 46.2 Å². The molecule has 0 bridgehead atoms. The van der Waals surface area contributed by atoms with Gasteiger partial charge in [-0.05, 0) is 40.9 Å². The summed E-state index contributed by atoms with van der Waals surface area (Å²) in [6.07, 6.45) is -0.499. The number of aliphatic hydroxyl groups is 1. The number of nitrogens with one attached hydrogen (secondary N) is 1. The SMILES string of the molecule is Cc1cccc(NCC(O)c2ccsc2)c1N. The van der Waals surface area contributed by atoms with Crippen LogP contribution in [-0.2, 0) is 0 Å². The van der Waals surface area contributed by atoms with Gasteiger partial charge in [-0.3, -0.25) is 0 Å². The van der Waals surface area contributed by atoms with E-state index in [9.17, 15) is 5.11 Å². The Hall–Kier alpha value is -1.52. The molecule has 2 aromatic rings. The third kappa shape index (κ3) is 2.78. The first kappa shape index (κ1) is 12.0. The molecule has 1 unspecified atom stereocenters. The lowest BCUT2D eigenvalue weighted by atomic mass is 10.1. The van der Waals surface area contributed by atoms with E-state index in [1.165, 1.54) is 0 Å². The zero-order valence-corrected chi connectivity index (χ0v) is 10.5. The zero-order chi connectivity index (χ0) is 12.3. The maximum Gasteiger partial charge on any atom is 0.0970 e. The highest BCUT2D eigenvalue weighted by atomic mass is 32.1. The normalized spacial score (nSPS) is 12.4. The average molecular weight is 248 g/mol. The van der Waals surface area contributed by atoms with Gasteiger partial charge < -0.3 is 16.2 Å². The summed E-state index contributed by atoms with van der Waals surface area (Å²) in [5.41, 5.74) is 9.54. The molecule has 1 aromatic carbocycles. The Bertz CT molecular complexity index is 482. The van der Waals surface area contributed by atoms with Crippen molar-refractivity contribution in [1.29, 1.82) is 0 Å². The van der Waals surface area contributed by atoms with Crippen LogP contribution in [0.4, 0.5) is 11.4 Å². The summed E-state index contributed by atoms with van der Waals surface area (Å²) in [7, 11) is 0. The minimum absolute atomic E-state index is 0.463. The van der Waals surface area contributed by atoms with Crippen molar-refractivity contribution in [2.24, 2.45) is 0 Å². The lowest BCUT2D eigenvalue weighted by Gasteiger charge is -2.14. The molecule has 0 aliphatic rings. The van der Waals surface area contributed by atoms with Crippen LogP contribution in [0.2, 0.25) is 0 Å². The summed E-state index contributed by atoms with van der Waals surface area (Å²) >= 11 is 1.58. The Kier molecular flexibility index (Phi) is 3.66. The number of aliphatic hydroxyl groups excluding tert-OH is 1. The number of aryl methyl sites for hydroxylation is 1. The van der Waals surface area contributed by atoms with Gasteiger partial charge in [0.15, 0.2) is 0 Å². The monoisotopic (exact) mass is 248 g/mol. The summed E-state index contributed by atoms with van der Waals surface area (Å²) in [5.74, 6) is 0. The lowest BCUT2D eigenvalue weighted by Crippen LogP contribution is -2.12. The third-order valence-corrected chi connectivity index (χ3v) is 3.44. The molecule has 90 valence electrons. The van der Waals surface area contributed by atoms with Gasteiger partial charge in [0.25, 0.3) is 0 Å². The molecular weight excluding hydrogens is 232 g/mol. The summed E-state index contributed by atoms with van der Waals surface area (Å²) in [5, 5.41) is 17.0. The fourth-order valence-corrected chi connectivity index (χ4v) is 2.33. The van der Waals surface area contributed by atoms with Crippen molar-refractivity contribution in [2.75, 3.05) is 17.6 Å². The van der Waals surface area contributed by atoms with Crippen LogP contribution in [0.5, 0.6) is 0 Å². The van der Waals surface area contributed by atoms with E-state index in [-0.39, 0.29) is 0 Å². The first-order chi connectivity index (χ1) is 8.18. The molecule has 0 aliphatic heterocycles. The number of thiophene rings is 1. The van der Waals surface area contributed by atoms with Crippen molar-refractivity contribution in [3.63, 3.8) is 0 Å². The van der Waals surface area contributed by atoms with E-state index >= 15 is 0 Å². The summed E-state index contributed by atoms with van der Waals surface area (Å²) in [4.78, 5) is 0. The second-order valence-electron chi connectivity index (χ2n) is 3.99. The van der Waals surface area contributed by atoms with E-state index < -0.39 is 6.10 Å². The van der Waals surface area contributed by atoms with Gasteiger partial charge in [-0.1, -0.05) is 12.1 Å². The van der Waals surface area contributed by atoms with Gasteiger partial charge in [0.2, 0.25) is 0 Å². The summed E-state index contributed by atoms with van der Waals surface area (Å²) < 4.78 is 0. The topological polar surface area (TPSA) is 58.3 Å². The minimum atomic E-state index is -0.499. The van der Waals surface area contributed by atoms with Crippen molar-refractivity contribution < 1.29 is 5.11 Å². The second-order valence-corrected chi connectivity index (χ2v) is 4.77. The van der Waals surface area contributed by atoms with Crippen LogP contribution in [0.25, 0.3) is 0 Å². The molecule has 1 heterocycles. The number of nitrogens with two attached hydrogens (primary N) is 1. The number of benzene rings is 1. The number of rotatable bonds is 4. The molecule has 4 N–H and O–H groups in total. The molecule has 0 saturated heterocycles. The van der Waals surface area contributed by atoms with Crippen LogP contribution in [0.3, 0.4) is 0 Å². The van der Waals surface area contributed by atoms with E-state index in [2.05, 4.69) is 5.32 Å². The number of hydrogen-bond donors (Lipinski definition) is 3. The molecule has 2 rings (SSSR count). The summed E-state index contributed by atoms with van der Waals surface area (Å²) in [6, 6.07) is 7.76. The Balaban J connectivity index is 2.00. The quantitative estimate of drug-likeness (QED) is 0.729. The molecule has 1 aromatic heterocycles. The van der Waals surface area contributed by atoms with Crippen molar-refractivity contribution in [2.45, 2.75) is 13.0 Å². The van der Waals surface area contributed by atoms with E-state index in [1.54, 1.807) is 11.3 Å². The van der Waals surface area contributed by atoms with E-state index in [0.717, 1.165) is 22.5 Å². The molecule has 0 aliphatic carbocycles. The fraction of sp³-hybridized carbons (Fsp3) is 0.231. The molecule has 0 fully saturated rings. The Morgan fingerprint density at radius 3 is 2.94 bits per heavy atom. The smallest absolute Gasteiger partial charge is 0.0970 e. The lowest BCUT2D eigenvalue weighted by molar-refractivity contribution is 0.192. The largest absolute Gasteiger partial charge is 0.397 e. The van der Waals surface area contributed by atoms with Crippen molar-refractivity contribution in [3.8, 4) is 0 Å². The predicted molar refractivity (Wildman–Crippen MR) is 73.4 cm³/mol. The maximum atomic E-state index is 9.93. The second kappa shape index (κ2) is 5.21. The molecule has 0 amide bonds. The van der Waals surface area contributed by atoms with Gasteiger partial charge >= 0.3 is 0 Å². The predicted octanol–water partition coefficient (Wildman–Crippen LogP) is 2.78. The maximum absolute atomic E-state index is 9.93. The Morgan fingerprint density at radius 1 is 1.41 bits per heavy atom. The van der Waals surface area contributed by atoms with Gasteiger partial charge in [0, 0.05) is 6.54 Å². The molecule has 0 saturated carbocycles. The Morgan fingerprint density at radius 2 is 2.24 bits per heavy atom. The van der Waals surface area contributed by atoms with Crippen LogP contribution >= 0.6 is 11.3 Å². The van der Waals surface area contributed by atoms with Crippen LogP contribution in [-0.4, -0.2) is 11.7 Å². The highest BCUT2D eigenvalue weighted by Gasteiger charge is 2.08. The van der Waals surface area contributed by atoms with Gasteiger partial charge in [0.05, 0.1) is 17.5 Å². The van der Waals surface area contributed by atoms with Crippen LogP contribution in [0.1, 0.15) is 17.2 Å². The molecule has 3 nitrogen and oxygen atoms in total.